The number of hydrogen-bond donors (Lipinski definition) is 1. The Kier molecular flexibility index (Phi) is 9.14. The summed E-state index contributed by atoms with van der Waals surface area (Å²) in [7, 11) is 0. The van der Waals surface area contributed by atoms with E-state index in [0.717, 1.165) is 5.56 Å². The molecule has 3 saturated heterocycles. The van der Waals surface area contributed by atoms with E-state index in [1.165, 1.54) is 0 Å². The number of benzene rings is 1. The van der Waals surface area contributed by atoms with Crippen molar-refractivity contribution in [2.45, 2.75) is 89.1 Å². The topological polar surface area (TPSA) is 90.4 Å². The summed E-state index contributed by atoms with van der Waals surface area (Å²) >= 11 is 0. The van der Waals surface area contributed by atoms with Gasteiger partial charge in [0.2, 0.25) is 17.7 Å². The van der Waals surface area contributed by atoms with Gasteiger partial charge in [0.1, 0.15) is 11.6 Å². The summed E-state index contributed by atoms with van der Waals surface area (Å²) in [5, 5.41) is 9.45. The monoisotopic (exact) mass is 565 g/mol. The molecule has 0 radical (unpaired) electrons. The summed E-state index contributed by atoms with van der Waals surface area (Å²) in [6, 6.07) is 8.95. The maximum absolute atomic E-state index is 14.5. The molecule has 1 N–H and O–H groups in total. The number of unbranched alkanes of at least 4 members (excludes halogenated alkanes) is 1. The van der Waals surface area contributed by atoms with E-state index in [4.69, 9.17) is 4.74 Å². The number of nitrogens with zero attached hydrogens (tertiary/aromatic N) is 3. The van der Waals surface area contributed by atoms with Crippen LogP contribution in [0.2, 0.25) is 0 Å². The second-order valence-electron chi connectivity index (χ2n) is 12.7. The zero-order chi connectivity index (χ0) is 30.0. The molecule has 5 atom stereocenters. The summed E-state index contributed by atoms with van der Waals surface area (Å²) < 4.78 is 6.96. The number of hydrogen-bond acceptors (Lipinski definition) is 5. The molecule has 0 aliphatic carbocycles. The third-order valence-corrected chi connectivity index (χ3v) is 9.25. The standard InChI is InChI=1S/C33H47N3O5/c1-7-19-34(23-24-15-11-10-12-16-24)28(38)25-26-29(39)35(21-13-14-22-37)27(30(40)36(20-8-2)31(4,5)6)33(26)18-17-32(25,9-3)41-33/h7-8,10-12,15-16,25-27,37H,1-2,9,13-14,17-23H2,3-6H3/t25-,26-,27?,32+,33?/m0/s1. The van der Waals surface area contributed by atoms with Crippen LogP contribution in [0.1, 0.15) is 65.4 Å². The number of amides is 3. The maximum atomic E-state index is 14.5. The number of carbonyl (C=O) groups is 3. The van der Waals surface area contributed by atoms with Crippen molar-refractivity contribution >= 4 is 17.7 Å². The van der Waals surface area contributed by atoms with Gasteiger partial charge in [0, 0.05) is 38.3 Å². The van der Waals surface area contributed by atoms with Crippen LogP contribution in [0.4, 0.5) is 0 Å². The summed E-state index contributed by atoms with van der Waals surface area (Å²) in [5.74, 6) is -1.94. The number of aliphatic hydroxyl groups excluding tert-OH is 1. The molecule has 0 aromatic heterocycles. The third kappa shape index (κ3) is 5.37. The molecule has 3 aliphatic heterocycles. The Bertz CT molecular complexity index is 1150. The molecule has 2 unspecified atom stereocenters. The minimum Gasteiger partial charge on any atom is -0.396 e. The molecule has 3 amide bonds. The summed E-state index contributed by atoms with van der Waals surface area (Å²) in [6.45, 7) is 17.1. The Hall–Kier alpha value is -2.97. The van der Waals surface area contributed by atoms with E-state index >= 15 is 0 Å². The Morgan fingerprint density at radius 1 is 1.10 bits per heavy atom. The Morgan fingerprint density at radius 2 is 1.78 bits per heavy atom. The predicted molar refractivity (Wildman–Crippen MR) is 159 cm³/mol. The SMILES string of the molecule is C=CCN(Cc1ccccc1)C(=O)[C@@H]1[C@H]2C(=O)N(CCCCO)C(C(=O)N(CC=C)C(C)(C)C)C23CC[C@@]1(CC)O3. The van der Waals surface area contributed by atoms with Crippen LogP contribution in [-0.4, -0.2) is 86.6 Å². The first kappa shape index (κ1) is 31.0. The molecule has 1 aromatic carbocycles. The van der Waals surface area contributed by atoms with Crippen LogP contribution in [0.3, 0.4) is 0 Å². The third-order valence-electron chi connectivity index (χ3n) is 9.25. The lowest BCUT2D eigenvalue weighted by molar-refractivity contribution is -0.157. The summed E-state index contributed by atoms with van der Waals surface area (Å²) in [5.41, 5.74) is -1.41. The number of rotatable bonds is 13. The first-order valence-corrected chi connectivity index (χ1v) is 15.0. The Morgan fingerprint density at radius 3 is 2.37 bits per heavy atom. The predicted octanol–water partition coefficient (Wildman–Crippen LogP) is 3.94. The van der Waals surface area contributed by atoms with Crippen molar-refractivity contribution in [3.8, 4) is 0 Å². The van der Waals surface area contributed by atoms with Crippen molar-refractivity contribution in [1.29, 1.82) is 0 Å². The molecular weight excluding hydrogens is 518 g/mol. The molecule has 4 rings (SSSR count). The highest BCUT2D eigenvalue weighted by Gasteiger charge is 2.79. The van der Waals surface area contributed by atoms with Gasteiger partial charge in [-0.05, 0) is 58.4 Å². The van der Waals surface area contributed by atoms with Gasteiger partial charge in [0.05, 0.1) is 17.4 Å². The fraction of sp³-hybridized carbons (Fsp3) is 0.606. The van der Waals surface area contributed by atoms with Crippen molar-refractivity contribution in [3.63, 3.8) is 0 Å². The van der Waals surface area contributed by atoms with E-state index < -0.39 is 34.6 Å². The van der Waals surface area contributed by atoms with Gasteiger partial charge in [-0.15, -0.1) is 13.2 Å². The first-order valence-electron chi connectivity index (χ1n) is 15.0. The lowest BCUT2D eigenvalue weighted by atomic mass is 9.64. The second kappa shape index (κ2) is 12.1. The number of likely N-dealkylation sites (tertiary alicyclic amines) is 1. The van der Waals surface area contributed by atoms with Crippen LogP contribution in [0.15, 0.2) is 55.6 Å². The molecule has 1 aromatic rings. The molecule has 41 heavy (non-hydrogen) atoms. The minimum absolute atomic E-state index is 0.00630. The van der Waals surface area contributed by atoms with E-state index in [1.54, 1.807) is 26.9 Å². The highest BCUT2D eigenvalue weighted by atomic mass is 16.5. The van der Waals surface area contributed by atoms with Crippen LogP contribution in [0, 0.1) is 11.8 Å². The highest BCUT2D eigenvalue weighted by molar-refractivity contribution is 5.99. The van der Waals surface area contributed by atoms with Gasteiger partial charge in [-0.1, -0.05) is 49.4 Å². The van der Waals surface area contributed by atoms with Crippen LogP contribution in [0.25, 0.3) is 0 Å². The van der Waals surface area contributed by atoms with Gasteiger partial charge in [0.15, 0.2) is 0 Å². The zero-order valence-corrected chi connectivity index (χ0v) is 25.2. The van der Waals surface area contributed by atoms with Crippen molar-refractivity contribution < 1.29 is 24.2 Å². The van der Waals surface area contributed by atoms with Gasteiger partial charge in [0.25, 0.3) is 0 Å². The van der Waals surface area contributed by atoms with Crippen LogP contribution in [-0.2, 0) is 25.7 Å². The molecule has 3 heterocycles. The molecular formula is C33H47N3O5. The summed E-state index contributed by atoms with van der Waals surface area (Å²) in [4.78, 5) is 48.6. The average molecular weight is 566 g/mol. The number of aliphatic hydroxyl groups is 1. The van der Waals surface area contributed by atoms with Crippen molar-refractivity contribution in [3.05, 3.63) is 61.2 Å². The normalized spacial score (nSPS) is 28.5. The molecule has 8 nitrogen and oxygen atoms in total. The minimum atomic E-state index is -1.08. The van der Waals surface area contributed by atoms with Gasteiger partial charge < -0.3 is 24.5 Å². The van der Waals surface area contributed by atoms with Crippen molar-refractivity contribution in [2.75, 3.05) is 26.2 Å². The Balaban J connectivity index is 1.78. The van der Waals surface area contributed by atoms with Crippen LogP contribution < -0.4 is 0 Å². The van der Waals surface area contributed by atoms with E-state index in [2.05, 4.69) is 13.2 Å². The maximum Gasteiger partial charge on any atom is 0.249 e. The van der Waals surface area contributed by atoms with Gasteiger partial charge >= 0.3 is 0 Å². The molecule has 3 aliphatic rings. The van der Waals surface area contributed by atoms with Gasteiger partial charge in [-0.2, -0.15) is 0 Å². The molecule has 2 bridgehead atoms. The van der Waals surface area contributed by atoms with E-state index in [-0.39, 0.29) is 24.3 Å². The fourth-order valence-corrected chi connectivity index (χ4v) is 7.37. The lowest BCUT2D eigenvalue weighted by Crippen LogP contribution is -2.60. The first-order chi connectivity index (χ1) is 19.5. The molecule has 224 valence electrons. The average Bonchev–Trinajstić information content (AvgIpc) is 3.54. The van der Waals surface area contributed by atoms with Crippen molar-refractivity contribution in [1.82, 2.24) is 14.7 Å². The van der Waals surface area contributed by atoms with Crippen LogP contribution >= 0.6 is 0 Å². The molecule has 0 saturated carbocycles. The van der Waals surface area contributed by atoms with Gasteiger partial charge in [-0.25, -0.2) is 0 Å². The zero-order valence-electron chi connectivity index (χ0n) is 25.2. The fourth-order valence-electron chi connectivity index (χ4n) is 7.37. The van der Waals surface area contributed by atoms with Gasteiger partial charge in [-0.3, -0.25) is 14.4 Å². The number of carbonyl (C=O) groups excluding carboxylic acids is 3. The number of fused-ring (bicyclic) bond motifs is 1. The lowest BCUT2D eigenvalue weighted by Gasteiger charge is -2.42. The highest BCUT2D eigenvalue weighted by Crippen LogP contribution is 2.64. The smallest absolute Gasteiger partial charge is 0.249 e. The molecule has 3 fully saturated rings. The summed E-state index contributed by atoms with van der Waals surface area (Å²) in [6.07, 6.45) is 6.22. The van der Waals surface area contributed by atoms with E-state index in [0.29, 0.717) is 58.3 Å². The molecule has 1 spiro atoms. The quantitative estimate of drug-likeness (QED) is 0.289. The number of ether oxygens (including phenoxy) is 1. The van der Waals surface area contributed by atoms with Crippen molar-refractivity contribution in [2.24, 2.45) is 11.8 Å². The van der Waals surface area contributed by atoms with Crippen LogP contribution in [0.5, 0.6) is 0 Å². The van der Waals surface area contributed by atoms with E-state index in [9.17, 15) is 19.5 Å². The molecule has 8 heteroatoms. The van der Waals surface area contributed by atoms with E-state index in [1.807, 2.05) is 58.0 Å². The second-order valence-corrected chi connectivity index (χ2v) is 12.7. The Labute approximate surface area is 245 Å². The largest absolute Gasteiger partial charge is 0.396 e.